The van der Waals surface area contributed by atoms with Crippen LogP contribution in [0.25, 0.3) is 0 Å². The fraction of sp³-hybridized carbons (Fsp3) is 0.333. The second-order valence-corrected chi connectivity index (χ2v) is 6.30. The molecule has 5 heteroatoms. The molecule has 4 nitrogen and oxygen atoms in total. The molecule has 23 heavy (non-hydrogen) atoms. The molecule has 120 valence electrons. The van der Waals surface area contributed by atoms with Gasteiger partial charge in [0.15, 0.2) is 0 Å². The van der Waals surface area contributed by atoms with Gasteiger partial charge in [-0.05, 0) is 42.7 Å². The monoisotopic (exact) mass is 329 g/mol. The Labute approximate surface area is 141 Å². The number of carbonyl (C=O) groups is 1. The van der Waals surface area contributed by atoms with E-state index >= 15 is 0 Å². The lowest BCUT2D eigenvalue weighted by Crippen LogP contribution is -2.24. The Bertz CT molecular complexity index is 649. The van der Waals surface area contributed by atoms with Crippen LogP contribution in [0.3, 0.4) is 0 Å². The first kappa shape index (κ1) is 15.8. The van der Waals surface area contributed by atoms with Gasteiger partial charge in [-0.2, -0.15) is 0 Å². The zero-order valence-corrected chi connectivity index (χ0v) is 13.6. The molecule has 0 aliphatic heterocycles. The van der Waals surface area contributed by atoms with E-state index in [2.05, 4.69) is 15.6 Å². The molecule has 1 heterocycles. The molecule has 1 aliphatic rings. The number of hydrogen-bond acceptors (Lipinski definition) is 3. The van der Waals surface area contributed by atoms with Crippen molar-refractivity contribution < 1.29 is 4.79 Å². The van der Waals surface area contributed by atoms with Gasteiger partial charge >= 0.3 is 0 Å². The number of benzene rings is 1. The quantitative estimate of drug-likeness (QED) is 0.871. The molecule has 0 radical (unpaired) electrons. The van der Waals surface area contributed by atoms with Crippen LogP contribution < -0.4 is 10.6 Å². The smallest absolute Gasteiger partial charge is 0.270 e. The molecule has 1 aliphatic carbocycles. The Hall–Kier alpha value is -2.07. The van der Waals surface area contributed by atoms with Crippen molar-refractivity contribution in [2.75, 3.05) is 5.32 Å². The summed E-state index contributed by atoms with van der Waals surface area (Å²) in [4.78, 5) is 16.4. The van der Waals surface area contributed by atoms with E-state index in [4.69, 9.17) is 11.6 Å². The van der Waals surface area contributed by atoms with Gasteiger partial charge in [-0.1, -0.05) is 36.6 Å². The Morgan fingerprint density at radius 2 is 1.87 bits per heavy atom. The summed E-state index contributed by atoms with van der Waals surface area (Å²) in [5, 5.41) is 7.01. The number of halogens is 1. The molecule has 0 unspecified atom stereocenters. The Morgan fingerprint density at radius 3 is 2.52 bits per heavy atom. The van der Waals surface area contributed by atoms with Gasteiger partial charge in [-0.3, -0.25) is 4.79 Å². The maximum atomic E-state index is 12.1. The fourth-order valence-corrected chi connectivity index (χ4v) is 2.92. The van der Waals surface area contributed by atoms with Gasteiger partial charge in [0.05, 0.1) is 11.9 Å². The Kier molecular flexibility index (Phi) is 5.13. The molecule has 3 rings (SSSR count). The zero-order chi connectivity index (χ0) is 16.1. The van der Waals surface area contributed by atoms with E-state index in [0.29, 0.717) is 23.3 Å². The van der Waals surface area contributed by atoms with Gasteiger partial charge in [0.1, 0.15) is 5.69 Å². The first-order valence-electron chi connectivity index (χ1n) is 7.96. The van der Waals surface area contributed by atoms with Crippen molar-refractivity contribution in [2.45, 2.75) is 38.3 Å². The minimum atomic E-state index is -0.174. The number of nitrogens with one attached hydrogen (secondary N) is 2. The Morgan fingerprint density at radius 1 is 1.13 bits per heavy atom. The highest BCUT2D eigenvalue weighted by Gasteiger charge is 2.14. The average Bonchev–Trinajstić information content (AvgIpc) is 3.08. The molecule has 1 amide bonds. The number of carbonyl (C=O) groups excluding carboxylic acids is 1. The van der Waals surface area contributed by atoms with E-state index in [9.17, 15) is 4.79 Å². The standard InChI is InChI=1S/C18H20ClN3O/c19-14-7-5-13(6-8-14)11-21-18(23)17-10-9-16(12-20-17)22-15-3-1-2-4-15/h5-10,12,15,22H,1-4,11H2,(H,21,23). The van der Waals surface area contributed by atoms with Crippen molar-refractivity contribution in [3.05, 3.63) is 58.9 Å². The molecular weight excluding hydrogens is 310 g/mol. The Balaban J connectivity index is 1.53. The van der Waals surface area contributed by atoms with E-state index in [1.54, 1.807) is 12.3 Å². The van der Waals surface area contributed by atoms with Crippen LogP contribution in [-0.4, -0.2) is 16.9 Å². The predicted molar refractivity (Wildman–Crippen MR) is 92.7 cm³/mol. The van der Waals surface area contributed by atoms with Gasteiger partial charge in [-0.15, -0.1) is 0 Å². The van der Waals surface area contributed by atoms with Crippen molar-refractivity contribution in [1.29, 1.82) is 0 Å². The van der Waals surface area contributed by atoms with Gasteiger partial charge in [0.25, 0.3) is 5.91 Å². The van der Waals surface area contributed by atoms with Crippen LogP contribution in [0.2, 0.25) is 5.02 Å². The minimum Gasteiger partial charge on any atom is -0.381 e. The number of hydrogen-bond donors (Lipinski definition) is 2. The van der Waals surface area contributed by atoms with E-state index in [1.807, 2.05) is 30.3 Å². The van der Waals surface area contributed by atoms with Gasteiger partial charge in [0, 0.05) is 17.6 Å². The summed E-state index contributed by atoms with van der Waals surface area (Å²) in [6, 6.07) is 11.6. The van der Waals surface area contributed by atoms with E-state index in [-0.39, 0.29) is 5.91 Å². The highest BCUT2D eigenvalue weighted by atomic mass is 35.5. The van der Waals surface area contributed by atoms with Crippen LogP contribution in [0.1, 0.15) is 41.7 Å². The lowest BCUT2D eigenvalue weighted by Gasteiger charge is -2.13. The minimum absolute atomic E-state index is 0.174. The normalized spacial score (nSPS) is 14.7. The zero-order valence-electron chi connectivity index (χ0n) is 12.9. The largest absolute Gasteiger partial charge is 0.381 e. The van der Waals surface area contributed by atoms with Gasteiger partial charge < -0.3 is 10.6 Å². The van der Waals surface area contributed by atoms with Gasteiger partial charge in [0.2, 0.25) is 0 Å². The van der Waals surface area contributed by atoms with Crippen molar-refractivity contribution >= 4 is 23.2 Å². The third-order valence-electron chi connectivity index (χ3n) is 4.09. The molecule has 2 aromatic rings. The van der Waals surface area contributed by atoms with Crippen molar-refractivity contribution in [2.24, 2.45) is 0 Å². The van der Waals surface area contributed by atoms with Crippen molar-refractivity contribution in [3.8, 4) is 0 Å². The predicted octanol–water partition coefficient (Wildman–Crippen LogP) is 4.02. The molecular formula is C18H20ClN3O. The highest BCUT2D eigenvalue weighted by Crippen LogP contribution is 2.21. The number of rotatable bonds is 5. The van der Waals surface area contributed by atoms with E-state index in [0.717, 1.165) is 11.3 Å². The molecule has 1 aromatic heterocycles. The number of pyridine rings is 1. The van der Waals surface area contributed by atoms with Crippen LogP contribution in [0.5, 0.6) is 0 Å². The van der Waals surface area contributed by atoms with Crippen LogP contribution in [0.4, 0.5) is 5.69 Å². The maximum absolute atomic E-state index is 12.1. The molecule has 0 bridgehead atoms. The lowest BCUT2D eigenvalue weighted by atomic mass is 10.2. The molecule has 0 atom stereocenters. The van der Waals surface area contributed by atoms with Crippen LogP contribution in [-0.2, 0) is 6.54 Å². The molecule has 1 fully saturated rings. The topological polar surface area (TPSA) is 54.0 Å². The summed E-state index contributed by atoms with van der Waals surface area (Å²) in [6.45, 7) is 0.458. The third-order valence-corrected chi connectivity index (χ3v) is 4.34. The lowest BCUT2D eigenvalue weighted by molar-refractivity contribution is 0.0946. The first-order valence-corrected chi connectivity index (χ1v) is 8.34. The molecule has 1 aromatic carbocycles. The second-order valence-electron chi connectivity index (χ2n) is 5.87. The van der Waals surface area contributed by atoms with Crippen molar-refractivity contribution in [1.82, 2.24) is 10.3 Å². The van der Waals surface area contributed by atoms with Gasteiger partial charge in [-0.25, -0.2) is 4.98 Å². The number of anilines is 1. The average molecular weight is 330 g/mol. The fourth-order valence-electron chi connectivity index (χ4n) is 2.79. The van der Waals surface area contributed by atoms with Crippen LogP contribution in [0.15, 0.2) is 42.6 Å². The SMILES string of the molecule is O=C(NCc1ccc(Cl)cc1)c1ccc(NC2CCCC2)cn1. The van der Waals surface area contributed by atoms with E-state index < -0.39 is 0 Å². The highest BCUT2D eigenvalue weighted by molar-refractivity contribution is 6.30. The molecule has 0 saturated heterocycles. The summed E-state index contributed by atoms with van der Waals surface area (Å²) in [7, 11) is 0. The van der Waals surface area contributed by atoms with Crippen LogP contribution >= 0.6 is 11.6 Å². The second kappa shape index (κ2) is 7.47. The summed E-state index contributed by atoms with van der Waals surface area (Å²) in [6.07, 6.45) is 6.73. The first-order chi connectivity index (χ1) is 11.2. The molecule has 1 saturated carbocycles. The summed E-state index contributed by atoms with van der Waals surface area (Å²) < 4.78 is 0. The number of aromatic nitrogens is 1. The number of nitrogens with zero attached hydrogens (tertiary/aromatic N) is 1. The summed E-state index contributed by atoms with van der Waals surface area (Å²) in [5.74, 6) is -0.174. The summed E-state index contributed by atoms with van der Waals surface area (Å²) in [5.41, 5.74) is 2.41. The van der Waals surface area contributed by atoms with Crippen molar-refractivity contribution in [3.63, 3.8) is 0 Å². The van der Waals surface area contributed by atoms with E-state index in [1.165, 1.54) is 25.7 Å². The third kappa shape index (κ3) is 4.45. The number of amides is 1. The molecule has 2 N–H and O–H groups in total. The summed E-state index contributed by atoms with van der Waals surface area (Å²) >= 11 is 5.84. The van der Waals surface area contributed by atoms with Crippen LogP contribution in [0, 0.1) is 0 Å². The molecule has 0 spiro atoms. The maximum Gasteiger partial charge on any atom is 0.270 e.